The number of amides is 3. The molecule has 40 nitrogen and oxygen atoms in total. The number of aliphatic hydroxyl groups is 19. The van der Waals surface area contributed by atoms with Gasteiger partial charge in [0.05, 0.1) is 51.3 Å². The Balaban J connectivity index is 1.31. The topological polar surface area (TPSA) is 629 Å². The van der Waals surface area contributed by atoms with Crippen LogP contribution in [-0.2, 0) is 80.8 Å². The molecule has 7 fully saturated rings. The average molecular weight is 1330 g/mol. The van der Waals surface area contributed by atoms with Crippen molar-refractivity contribution in [3.05, 3.63) is 0 Å². The van der Waals surface area contributed by atoms with E-state index >= 15 is 0 Å². The number of hydrogen-bond donors (Lipinski definition) is 23. The monoisotopic (exact) mass is 1330 g/mol. The molecule has 91 heavy (non-hydrogen) atoms. The quantitative estimate of drug-likeness (QED) is 0.0452. The summed E-state index contributed by atoms with van der Waals surface area (Å²) in [5.74, 6) is -7.88. The summed E-state index contributed by atoms with van der Waals surface area (Å²) in [5, 5.41) is 225. The maximum Gasteiger partial charge on any atom is 0.364 e. The van der Waals surface area contributed by atoms with Crippen molar-refractivity contribution < 1.29 is 183 Å². The lowest BCUT2D eigenvalue weighted by Gasteiger charge is -2.53. The Labute approximate surface area is 516 Å². The summed E-state index contributed by atoms with van der Waals surface area (Å²) in [7, 11) is 0. The minimum absolute atomic E-state index is 0.845. The molecule has 7 aliphatic rings. The highest BCUT2D eigenvalue weighted by atomic mass is 16.8. The molecule has 526 valence electrons. The Kier molecular flexibility index (Phi) is 26.1. The predicted molar refractivity (Wildman–Crippen MR) is 281 cm³/mol. The predicted octanol–water partition coefficient (Wildman–Crippen LogP) is -14.6. The van der Waals surface area contributed by atoms with Gasteiger partial charge in [-0.2, -0.15) is 0 Å². The minimum Gasteiger partial charge on any atom is -0.477 e. The van der Waals surface area contributed by atoms with E-state index in [1.807, 2.05) is 0 Å². The summed E-state index contributed by atoms with van der Waals surface area (Å²) >= 11 is 0. The van der Waals surface area contributed by atoms with Gasteiger partial charge in [0.1, 0.15) is 159 Å². The van der Waals surface area contributed by atoms with Gasteiger partial charge in [0.2, 0.25) is 17.7 Å². The average Bonchev–Trinajstić information content (AvgIpc) is 0.840. The number of carbonyl (C=O) groups is 4. The molecule has 40 heteroatoms. The van der Waals surface area contributed by atoms with Crippen LogP contribution in [0, 0.1) is 0 Å². The molecule has 3 amide bonds. The number of rotatable bonds is 23. The molecular weight excluding hydrogens is 1250 g/mol. The SMILES string of the molecule is CC(=O)N[C@H]1[C@@H](O[C@H]2[C@@H](O)[C@@H](CO)O[C@@H](O[C@H]3[C@H](O[C@@H]4O[C@@H](C)[C@@H](O)[C@@H](O)[C@@H]4O)[C@@H](NC(C)=O)[C@H](O[C@H]4[C@@H](O)[C@@H](CO[C@]5(C(=O)O)C[C@H](O)[C@@H](O)[C@H]([C@H](O)[C@H](O)CO)O5)OC(O)[C@@H]4NC(C)=O)O[C@@H]3CO)[C@@H]2O[C@@H]2O[C@@H](C)[C@@H](O)[C@@H](O)[C@@H]2O)O[C@H](CO)[C@H](O)[C@@H]1O. The van der Waals surface area contributed by atoms with Gasteiger partial charge in [-0.05, 0) is 13.8 Å². The fourth-order valence-electron chi connectivity index (χ4n) is 11.6. The van der Waals surface area contributed by atoms with Crippen LogP contribution < -0.4 is 16.0 Å². The van der Waals surface area contributed by atoms with Crippen LogP contribution >= 0.6 is 0 Å². The van der Waals surface area contributed by atoms with Gasteiger partial charge < -0.3 is 180 Å². The highest BCUT2D eigenvalue weighted by molar-refractivity contribution is 5.76. The van der Waals surface area contributed by atoms with E-state index in [9.17, 15) is 121 Å². The summed E-state index contributed by atoms with van der Waals surface area (Å²) in [6.45, 7) is -0.368. The molecule has 1 unspecified atom stereocenters. The molecule has 7 heterocycles. The maximum absolute atomic E-state index is 13.5. The Morgan fingerprint density at radius 3 is 1.44 bits per heavy atom. The molecule has 0 bridgehead atoms. The normalized spacial score (nSPS) is 48.0. The summed E-state index contributed by atoms with van der Waals surface area (Å²) in [6, 6.07) is -5.71. The lowest BCUT2D eigenvalue weighted by Crippen LogP contribution is -2.72. The smallest absolute Gasteiger partial charge is 0.364 e. The molecular formula is C51H85N3O37. The van der Waals surface area contributed by atoms with E-state index < -0.39 is 284 Å². The number of carbonyl (C=O) groups excluding carboxylic acids is 3. The molecule has 23 N–H and O–H groups in total. The van der Waals surface area contributed by atoms with Crippen LogP contribution in [0.4, 0.5) is 0 Å². The first-order chi connectivity index (χ1) is 42.7. The molecule has 7 rings (SSSR count). The van der Waals surface area contributed by atoms with E-state index in [4.69, 9.17) is 61.6 Å². The first-order valence-corrected chi connectivity index (χ1v) is 29.0. The van der Waals surface area contributed by atoms with Gasteiger partial charge in [-0.25, -0.2) is 4.79 Å². The molecule has 0 aromatic carbocycles. The van der Waals surface area contributed by atoms with Crippen molar-refractivity contribution in [2.45, 2.75) is 261 Å². The zero-order valence-electron chi connectivity index (χ0n) is 49.3. The van der Waals surface area contributed by atoms with E-state index in [1.54, 1.807) is 0 Å². The van der Waals surface area contributed by atoms with Crippen molar-refractivity contribution in [1.29, 1.82) is 0 Å². The molecule has 0 radical (unpaired) electrons. The Morgan fingerprint density at radius 2 is 0.912 bits per heavy atom. The van der Waals surface area contributed by atoms with Crippen LogP contribution in [0.3, 0.4) is 0 Å². The maximum atomic E-state index is 13.5. The highest BCUT2D eigenvalue weighted by Gasteiger charge is 2.61. The number of carboxylic acid groups (broad SMARTS) is 1. The molecule has 36 atom stereocenters. The third-order valence-corrected chi connectivity index (χ3v) is 16.6. The number of ether oxygens (including phenoxy) is 13. The van der Waals surface area contributed by atoms with Crippen molar-refractivity contribution in [2.24, 2.45) is 0 Å². The van der Waals surface area contributed by atoms with E-state index in [0.717, 1.165) is 20.8 Å². The van der Waals surface area contributed by atoms with Gasteiger partial charge in [-0.15, -0.1) is 0 Å². The van der Waals surface area contributed by atoms with Gasteiger partial charge >= 0.3 is 5.97 Å². The van der Waals surface area contributed by atoms with Crippen molar-refractivity contribution in [3.63, 3.8) is 0 Å². The van der Waals surface area contributed by atoms with Gasteiger partial charge in [-0.1, -0.05) is 0 Å². The molecule has 0 aromatic rings. The lowest BCUT2D eigenvalue weighted by atomic mass is 9.90. The Hall–Kier alpha value is -3.40. The summed E-state index contributed by atoms with van der Waals surface area (Å²) in [4.78, 5) is 51.7. The van der Waals surface area contributed by atoms with Crippen LogP contribution in [0.1, 0.15) is 41.0 Å². The fraction of sp³-hybridized carbons (Fsp3) is 0.922. The standard InChI is InChI=1S/C51H85N3O37/c1-12-26(64)34(72)36(74)47(80-12)88-40-25(54-16(5)61)46(87-39-24(53-15(4)60)44(76)82-22(32(39)70)11-79-51(50(77)78)6-17(62)28(66)41(91-51)29(67)18(63)7-55)85-21(10-58)38(40)86-49-43(90-48-37(75)35(73)27(65)13(2)81-48)42(31(69)20(9-57)84-49)89-45-23(52-14(3)59)33(71)30(68)19(8-56)83-45/h12-13,17-49,55-58,62-76H,6-11H2,1-5H3,(H,52,59)(H,53,60)(H,54,61)(H,77,78)/t12-,13-,17-,18+,19+,20+,21+,22+,23+,24+,25+,26+,27+,28+,29+,30-,31-,32-,33+,34+,35+,36-,37-,38+,39+,40+,41+,42-,43+,44?,45+,46-,47-,48-,49-,51+/m0/s1. The fourth-order valence-corrected chi connectivity index (χ4v) is 11.6. The van der Waals surface area contributed by atoms with Crippen LogP contribution in [0.15, 0.2) is 0 Å². The van der Waals surface area contributed by atoms with E-state index in [0.29, 0.717) is 0 Å². The molecule has 0 aromatic heterocycles. The molecule has 0 saturated carbocycles. The van der Waals surface area contributed by atoms with Crippen LogP contribution in [-0.4, -0.2) is 379 Å². The van der Waals surface area contributed by atoms with Gasteiger partial charge in [0.15, 0.2) is 37.7 Å². The number of nitrogens with one attached hydrogen (secondary N) is 3. The van der Waals surface area contributed by atoms with Crippen LogP contribution in [0.25, 0.3) is 0 Å². The summed E-state index contributed by atoms with van der Waals surface area (Å²) < 4.78 is 77.9. The second-order valence-electron chi connectivity index (χ2n) is 23.2. The van der Waals surface area contributed by atoms with Crippen molar-refractivity contribution >= 4 is 23.7 Å². The zero-order valence-corrected chi connectivity index (χ0v) is 49.3. The number of hydrogen-bond acceptors (Lipinski definition) is 36. The minimum atomic E-state index is -3.07. The molecule has 0 spiro atoms. The second kappa shape index (κ2) is 31.6. The van der Waals surface area contributed by atoms with E-state index in [1.165, 1.54) is 13.8 Å². The number of aliphatic carboxylic acids is 1. The zero-order chi connectivity index (χ0) is 67.6. The first-order valence-electron chi connectivity index (χ1n) is 29.0. The lowest BCUT2D eigenvalue weighted by molar-refractivity contribution is -0.407. The van der Waals surface area contributed by atoms with Gasteiger partial charge in [0, 0.05) is 27.2 Å². The largest absolute Gasteiger partial charge is 0.477 e. The van der Waals surface area contributed by atoms with Gasteiger partial charge in [-0.3, -0.25) is 14.4 Å². The second-order valence-corrected chi connectivity index (χ2v) is 23.2. The Bertz CT molecular complexity index is 2380. The van der Waals surface area contributed by atoms with Crippen molar-refractivity contribution in [3.8, 4) is 0 Å². The third kappa shape index (κ3) is 16.4. The van der Waals surface area contributed by atoms with Gasteiger partial charge in [0.25, 0.3) is 5.79 Å². The number of aliphatic hydroxyl groups excluding tert-OH is 19. The molecule has 0 aliphatic carbocycles. The van der Waals surface area contributed by atoms with Crippen LogP contribution in [0.2, 0.25) is 0 Å². The number of carboxylic acids is 1. The third-order valence-electron chi connectivity index (χ3n) is 16.6. The molecule has 7 aliphatic heterocycles. The first kappa shape index (κ1) is 75.0. The van der Waals surface area contributed by atoms with E-state index in [2.05, 4.69) is 16.0 Å². The summed E-state index contributed by atoms with van der Waals surface area (Å²) in [5.41, 5.74) is 0. The molecule has 7 saturated heterocycles. The van der Waals surface area contributed by atoms with E-state index in [-0.39, 0.29) is 0 Å². The van der Waals surface area contributed by atoms with Crippen molar-refractivity contribution in [2.75, 3.05) is 33.0 Å². The Morgan fingerprint density at radius 1 is 0.462 bits per heavy atom. The van der Waals surface area contributed by atoms with Crippen molar-refractivity contribution in [1.82, 2.24) is 16.0 Å². The summed E-state index contributed by atoms with van der Waals surface area (Å²) in [6.07, 6.45) is -66.3. The highest BCUT2D eigenvalue weighted by Crippen LogP contribution is 2.40. The van der Waals surface area contributed by atoms with Crippen LogP contribution in [0.5, 0.6) is 0 Å².